The average molecular weight is 395 g/mol. The van der Waals surface area contributed by atoms with Crippen molar-refractivity contribution in [3.8, 4) is 5.75 Å². The first-order valence-corrected chi connectivity index (χ1v) is 9.67. The quantitative estimate of drug-likeness (QED) is 0.353. The van der Waals surface area contributed by atoms with Crippen molar-refractivity contribution in [2.45, 2.75) is 59.0 Å². The molecule has 6 heteroatoms. The maximum atomic E-state index is 11.4. The molecular formula is C22H34O6. The number of ether oxygens (including phenoxy) is 5. The van der Waals surface area contributed by atoms with Crippen LogP contribution in [0.3, 0.4) is 0 Å². The van der Waals surface area contributed by atoms with Gasteiger partial charge in [0, 0.05) is 5.57 Å². The van der Waals surface area contributed by atoms with E-state index in [-0.39, 0.29) is 24.4 Å². The molecule has 0 N–H and O–H groups in total. The second-order valence-electron chi connectivity index (χ2n) is 7.05. The van der Waals surface area contributed by atoms with Crippen molar-refractivity contribution in [2.24, 2.45) is 0 Å². The van der Waals surface area contributed by atoms with Gasteiger partial charge in [0.15, 0.2) is 0 Å². The number of carbonyl (C=O) groups is 1. The van der Waals surface area contributed by atoms with Crippen molar-refractivity contribution in [3.05, 3.63) is 42.5 Å². The fraction of sp³-hybridized carbons (Fsp3) is 0.591. The number of benzene rings is 1. The summed E-state index contributed by atoms with van der Waals surface area (Å²) in [4.78, 5) is 11.4. The van der Waals surface area contributed by atoms with Crippen LogP contribution in [-0.4, -0.2) is 56.8 Å². The molecule has 1 rings (SSSR count). The molecule has 0 aliphatic heterocycles. The highest BCUT2D eigenvalue weighted by molar-refractivity contribution is 5.87. The van der Waals surface area contributed by atoms with Crippen LogP contribution in [-0.2, 0) is 23.7 Å². The van der Waals surface area contributed by atoms with E-state index in [1.807, 2.05) is 51.1 Å². The Hall–Kier alpha value is -1.89. The van der Waals surface area contributed by atoms with Gasteiger partial charge in [-0.25, -0.2) is 4.79 Å². The minimum absolute atomic E-state index is 0.0382. The minimum Gasteiger partial charge on any atom is -0.491 e. The summed E-state index contributed by atoms with van der Waals surface area (Å²) >= 11 is 0. The molecule has 0 fully saturated rings. The van der Waals surface area contributed by atoms with E-state index in [2.05, 4.69) is 6.58 Å². The van der Waals surface area contributed by atoms with Crippen LogP contribution in [0.2, 0.25) is 0 Å². The van der Waals surface area contributed by atoms with Gasteiger partial charge in [-0.1, -0.05) is 24.8 Å². The predicted octanol–water partition coefficient (Wildman–Crippen LogP) is 3.79. The number of hydrogen-bond acceptors (Lipinski definition) is 6. The maximum Gasteiger partial charge on any atom is 0.333 e. The second kappa shape index (κ2) is 13.3. The topological polar surface area (TPSA) is 63.2 Å². The van der Waals surface area contributed by atoms with Crippen molar-refractivity contribution in [1.29, 1.82) is 0 Å². The van der Waals surface area contributed by atoms with E-state index in [0.29, 0.717) is 32.0 Å². The highest BCUT2D eigenvalue weighted by Gasteiger charge is 2.14. The van der Waals surface area contributed by atoms with Crippen LogP contribution in [0, 0.1) is 0 Å². The SMILES string of the molecule is C=C(C)C(=O)OC(C)COC(C)COC(C)COC(C)COc1ccccc1. The summed E-state index contributed by atoms with van der Waals surface area (Å²) < 4.78 is 28.0. The smallest absolute Gasteiger partial charge is 0.333 e. The van der Waals surface area contributed by atoms with E-state index < -0.39 is 5.97 Å². The molecule has 1 aromatic rings. The summed E-state index contributed by atoms with van der Waals surface area (Å²) in [6.07, 6.45) is -0.558. The third kappa shape index (κ3) is 11.1. The Morgan fingerprint density at radius 2 is 1.29 bits per heavy atom. The first kappa shape index (κ1) is 24.1. The van der Waals surface area contributed by atoms with Crippen LogP contribution in [0.5, 0.6) is 5.75 Å². The van der Waals surface area contributed by atoms with E-state index in [1.165, 1.54) is 0 Å². The molecule has 158 valence electrons. The monoisotopic (exact) mass is 394 g/mol. The molecule has 4 unspecified atom stereocenters. The van der Waals surface area contributed by atoms with Gasteiger partial charge in [-0.3, -0.25) is 0 Å². The molecule has 4 atom stereocenters. The lowest BCUT2D eigenvalue weighted by molar-refractivity contribution is -0.148. The van der Waals surface area contributed by atoms with Gasteiger partial charge in [-0.2, -0.15) is 0 Å². The van der Waals surface area contributed by atoms with Crippen LogP contribution in [0.4, 0.5) is 0 Å². The molecule has 1 aromatic carbocycles. The largest absolute Gasteiger partial charge is 0.491 e. The van der Waals surface area contributed by atoms with Gasteiger partial charge in [0.1, 0.15) is 18.5 Å². The van der Waals surface area contributed by atoms with Gasteiger partial charge >= 0.3 is 5.97 Å². The van der Waals surface area contributed by atoms with Gasteiger partial charge < -0.3 is 23.7 Å². The third-order valence-electron chi connectivity index (χ3n) is 3.73. The summed E-state index contributed by atoms with van der Waals surface area (Å²) in [5.41, 5.74) is 0.375. The molecule has 6 nitrogen and oxygen atoms in total. The molecule has 0 saturated carbocycles. The van der Waals surface area contributed by atoms with Crippen LogP contribution >= 0.6 is 0 Å². The van der Waals surface area contributed by atoms with Gasteiger partial charge in [0.2, 0.25) is 0 Å². The fourth-order valence-electron chi connectivity index (χ4n) is 2.09. The van der Waals surface area contributed by atoms with Gasteiger partial charge in [-0.05, 0) is 46.8 Å². The van der Waals surface area contributed by atoms with Gasteiger partial charge in [0.25, 0.3) is 0 Å². The zero-order valence-corrected chi connectivity index (χ0v) is 17.7. The summed E-state index contributed by atoms with van der Waals surface area (Å²) in [5.74, 6) is 0.424. The van der Waals surface area contributed by atoms with Gasteiger partial charge in [-0.15, -0.1) is 0 Å². The summed E-state index contributed by atoms with van der Waals surface area (Å²) in [6.45, 7) is 14.5. The standard InChI is InChI=1S/C22H34O6/c1-16(2)22(23)28-20(6)15-26-18(4)13-24-17(3)12-25-19(5)14-27-21-10-8-7-9-11-21/h7-11,17-20H,1,12-15H2,2-6H3. The number of hydrogen-bond donors (Lipinski definition) is 0. The molecule has 0 aliphatic rings. The summed E-state index contributed by atoms with van der Waals surface area (Å²) in [5, 5.41) is 0. The molecule has 0 radical (unpaired) electrons. The Morgan fingerprint density at radius 3 is 1.79 bits per heavy atom. The van der Waals surface area contributed by atoms with E-state index in [0.717, 1.165) is 5.75 Å². The number of esters is 1. The molecule has 0 spiro atoms. The van der Waals surface area contributed by atoms with E-state index in [4.69, 9.17) is 23.7 Å². The minimum atomic E-state index is -0.406. The first-order valence-electron chi connectivity index (χ1n) is 9.67. The normalized spacial score (nSPS) is 15.3. The predicted molar refractivity (Wildman–Crippen MR) is 109 cm³/mol. The van der Waals surface area contributed by atoms with Crippen molar-refractivity contribution < 1.29 is 28.5 Å². The Bertz CT molecular complexity index is 574. The molecule has 28 heavy (non-hydrogen) atoms. The average Bonchev–Trinajstić information content (AvgIpc) is 2.68. The van der Waals surface area contributed by atoms with Crippen molar-refractivity contribution in [1.82, 2.24) is 0 Å². The molecule has 0 heterocycles. The molecule has 0 aliphatic carbocycles. The lowest BCUT2D eigenvalue weighted by Gasteiger charge is -2.21. The molecular weight excluding hydrogens is 360 g/mol. The highest BCUT2D eigenvalue weighted by atomic mass is 16.6. The number of para-hydroxylation sites is 1. The fourth-order valence-corrected chi connectivity index (χ4v) is 2.09. The Kier molecular flexibility index (Phi) is 11.5. The zero-order chi connectivity index (χ0) is 20.9. The van der Waals surface area contributed by atoms with Crippen molar-refractivity contribution in [3.63, 3.8) is 0 Å². The Balaban J connectivity index is 2.12. The summed E-state index contributed by atoms with van der Waals surface area (Å²) in [6, 6.07) is 9.66. The Labute approximate surface area is 168 Å². The van der Waals surface area contributed by atoms with Crippen LogP contribution in [0.1, 0.15) is 34.6 Å². The molecule has 0 saturated heterocycles. The lowest BCUT2D eigenvalue weighted by atomic mass is 10.3. The highest BCUT2D eigenvalue weighted by Crippen LogP contribution is 2.09. The third-order valence-corrected chi connectivity index (χ3v) is 3.73. The number of rotatable bonds is 14. The first-order chi connectivity index (χ1) is 13.3. The summed E-state index contributed by atoms with van der Waals surface area (Å²) in [7, 11) is 0. The van der Waals surface area contributed by atoms with Crippen LogP contribution in [0.25, 0.3) is 0 Å². The van der Waals surface area contributed by atoms with E-state index in [9.17, 15) is 4.79 Å². The van der Waals surface area contributed by atoms with Crippen LogP contribution < -0.4 is 4.74 Å². The molecule has 0 aromatic heterocycles. The van der Waals surface area contributed by atoms with E-state index >= 15 is 0 Å². The Morgan fingerprint density at radius 1 is 0.821 bits per heavy atom. The molecule has 0 bridgehead atoms. The lowest BCUT2D eigenvalue weighted by Crippen LogP contribution is -2.29. The van der Waals surface area contributed by atoms with Crippen molar-refractivity contribution >= 4 is 5.97 Å². The van der Waals surface area contributed by atoms with Crippen LogP contribution in [0.15, 0.2) is 42.5 Å². The second-order valence-corrected chi connectivity index (χ2v) is 7.05. The van der Waals surface area contributed by atoms with E-state index in [1.54, 1.807) is 13.8 Å². The van der Waals surface area contributed by atoms with Crippen molar-refractivity contribution in [2.75, 3.05) is 26.4 Å². The number of carbonyl (C=O) groups excluding carboxylic acids is 1. The van der Waals surface area contributed by atoms with Gasteiger partial charge in [0.05, 0.1) is 38.1 Å². The zero-order valence-electron chi connectivity index (χ0n) is 17.7. The maximum absolute atomic E-state index is 11.4. The molecule has 0 amide bonds.